The van der Waals surface area contributed by atoms with E-state index in [0.29, 0.717) is 5.56 Å². The summed E-state index contributed by atoms with van der Waals surface area (Å²) in [7, 11) is 4.03. The standard InChI is InChI=1S/C30H22N2O2/c1-31(2)27-19-13-23(14-20-27)11-17-25-7-3-5-10-30-26(8-4-6-9-29(25)30)18-12-24-15-21-28(22-16-24)32(33)34/h3-10,13-16,19-22H,1-2H3. The average molecular weight is 443 g/mol. The number of nitrogens with zero attached hydrogens (tertiary/aromatic N) is 2. The van der Waals surface area contributed by atoms with Crippen LogP contribution in [-0.4, -0.2) is 19.0 Å². The van der Waals surface area contributed by atoms with Crippen molar-refractivity contribution in [2.75, 3.05) is 19.0 Å². The normalized spacial score (nSPS) is 13.8. The smallest absolute Gasteiger partial charge is 0.269 e. The lowest BCUT2D eigenvalue weighted by atomic mass is 9.96. The molecule has 2 aromatic rings. The van der Waals surface area contributed by atoms with Gasteiger partial charge < -0.3 is 4.90 Å². The summed E-state index contributed by atoms with van der Waals surface area (Å²) in [4.78, 5) is 12.5. The Morgan fingerprint density at radius 3 is 1.53 bits per heavy atom. The molecule has 0 bridgehead atoms. The second kappa shape index (κ2) is 10.2. The fourth-order valence-electron chi connectivity index (χ4n) is 3.44. The van der Waals surface area contributed by atoms with Crippen LogP contribution in [0.3, 0.4) is 0 Å². The highest BCUT2D eigenvalue weighted by Crippen LogP contribution is 2.27. The molecule has 34 heavy (non-hydrogen) atoms. The second-order valence-corrected chi connectivity index (χ2v) is 7.84. The molecule has 0 radical (unpaired) electrons. The Kier molecular flexibility index (Phi) is 6.73. The molecule has 4 rings (SSSR count). The number of rotatable bonds is 2. The molecule has 164 valence electrons. The van der Waals surface area contributed by atoms with Crippen molar-refractivity contribution < 1.29 is 4.92 Å². The fraction of sp³-hybridized carbons (Fsp3) is 0.0667. The molecule has 0 unspecified atom stereocenters. The third-order valence-electron chi connectivity index (χ3n) is 5.29. The molecule has 0 amide bonds. The van der Waals surface area contributed by atoms with Crippen molar-refractivity contribution >= 4 is 11.4 Å². The number of fused-ring (bicyclic) bond motifs is 1. The number of anilines is 1. The number of benzene rings is 2. The molecule has 2 aromatic carbocycles. The Labute approximate surface area is 199 Å². The molecule has 0 N–H and O–H groups in total. The highest BCUT2D eigenvalue weighted by Gasteiger charge is 2.11. The van der Waals surface area contributed by atoms with Gasteiger partial charge in [-0.2, -0.15) is 0 Å². The van der Waals surface area contributed by atoms with Gasteiger partial charge in [0.2, 0.25) is 0 Å². The molecular weight excluding hydrogens is 420 g/mol. The lowest BCUT2D eigenvalue weighted by Gasteiger charge is -2.11. The van der Waals surface area contributed by atoms with E-state index in [1.807, 2.05) is 74.8 Å². The van der Waals surface area contributed by atoms with Crippen LogP contribution in [0.25, 0.3) is 0 Å². The zero-order chi connectivity index (χ0) is 23.9. The monoisotopic (exact) mass is 442 g/mol. The summed E-state index contributed by atoms with van der Waals surface area (Å²) in [5.41, 5.74) is 6.59. The predicted octanol–water partition coefficient (Wildman–Crippen LogP) is 5.91. The van der Waals surface area contributed by atoms with Gasteiger partial charge in [-0.1, -0.05) is 60.1 Å². The van der Waals surface area contributed by atoms with E-state index < -0.39 is 4.92 Å². The molecule has 0 spiro atoms. The van der Waals surface area contributed by atoms with E-state index >= 15 is 0 Å². The van der Waals surface area contributed by atoms with Crippen molar-refractivity contribution in [3.63, 3.8) is 0 Å². The van der Waals surface area contributed by atoms with E-state index in [2.05, 4.69) is 40.7 Å². The molecule has 0 heterocycles. The van der Waals surface area contributed by atoms with E-state index in [-0.39, 0.29) is 5.69 Å². The first-order valence-electron chi connectivity index (χ1n) is 10.8. The molecule has 4 heteroatoms. The number of hydrogen-bond acceptors (Lipinski definition) is 3. The zero-order valence-corrected chi connectivity index (χ0v) is 18.9. The van der Waals surface area contributed by atoms with Gasteiger partial charge in [-0.15, -0.1) is 0 Å². The topological polar surface area (TPSA) is 46.4 Å². The van der Waals surface area contributed by atoms with Crippen LogP contribution in [0.2, 0.25) is 0 Å². The zero-order valence-electron chi connectivity index (χ0n) is 18.9. The van der Waals surface area contributed by atoms with E-state index in [9.17, 15) is 10.1 Å². The fourth-order valence-corrected chi connectivity index (χ4v) is 3.44. The first kappa shape index (κ1) is 22.4. The van der Waals surface area contributed by atoms with Crippen LogP contribution < -0.4 is 4.90 Å². The van der Waals surface area contributed by atoms with Gasteiger partial charge >= 0.3 is 0 Å². The number of nitro benzene ring substituents is 1. The van der Waals surface area contributed by atoms with E-state index in [4.69, 9.17) is 0 Å². The lowest BCUT2D eigenvalue weighted by Crippen LogP contribution is -2.07. The number of allylic oxidation sites excluding steroid dienone is 12. The molecule has 0 saturated carbocycles. The van der Waals surface area contributed by atoms with E-state index in [0.717, 1.165) is 33.5 Å². The number of non-ortho nitro benzene ring substituents is 1. The molecule has 4 nitrogen and oxygen atoms in total. The third kappa shape index (κ3) is 5.33. The van der Waals surface area contributed by atoms with Crippen molar-refractivity contribution in [3.05, 3.63) is 141 Å². The Morgan fingerprint density at radius 1 is 0.647 bits per heavy atom. The van der Waals surface area contributed by atoms with Gasteiger partial charge in [0.1, 0.15) is 0 Å². The van der Waals surface area contributed by atoms with E-state index in [1.54, 1.807) is 12.1 Å². The molecule has 0 aliphatic heterocycles. The Hall–Kier alpha value is -4.80. The predicted molar refractivity (Wildman–Crippen MR) is 138 cm³/mol. The van der Waals surface area contributed by atoms with Crippen molar-refractivity contribution in [2.45, 2.75) is 0 Å². The Balaban J connectivity index is 1.71. The lowest BCUT2D eigenvalue weighted by molar-refractivity contribution is -0.384. The summed E-state index contributed by atoms with van der Waals surface area (Å²) in [6.45, 7) is 0. The van der Waals surface area contributed by atoms with Crippen LogP contribution in [0.15, 0.2) is 119 Å². The van der Waals surface area contributed by atoms with Crippen LogP contribution in [0.5, 0.6) is 0 Å². The quantitative estimate of drug-likeness (QED) is 0.330. The van der Waals surface area contributed by atoms with Crippen LogP contribution in [-0.2, 0) is 0 Å². The molecule has 0 saturated heterocycles. The summed E-state index contributed by atoms with van der Waals surface area (Å²) in [5.74, 6) is 13.0. The summed E-state index contributed by atoms with van der Waals surface area (Å²) in [6, 6.07) is 14.4. The first-order chi connectivity index (χ1) is 16.5. The van der Waals surface area contributed by atoms with Gasteiger partial charge in [0.25, 0.3) is 5.69 Å². The molecule has 2 aliphatic rings. The van der Waals surface area contributed by atoms with Gasteiger partial charge in [0.15, 0.2) is 0 Å². The Bertz CT molecular complexity index is 1420. The summed E-state index contributed by atoms with van der Waals surface area (Å²) in [5, 5.41) is 10.9. The summed E-state index contributed by atoms with van der Waals surface area (Å²) < 4.78 is 0. The summed E-state index contributed by atoms with van der Waals surface area (Å²) in [6.07, 6.45) is 16.0. The largest absolute Gasteiger partial charge is 0.378 e. The van der Waals surface area contributed by atoms with Crippen molar-refractivity contribution in [3.8, 4) is 23.7 Å². The highest BCUT2D eigenvalue weighted by atomic mass is 16.6. The van der Waals surface area contributed by atoms with Crippen LogP contribution in [0, 0.1) is 33.8 Å². The van der Waals surface area contributed by atoms with Crippen molar-refractivity contribution in [1.29, 1.82) is 0 Å². The minimum atomic E-state index is -0.416. The molecule has 0 aromatic heterocycles. The van der Waals surface area contributed by atoms with Crippen LogP contribution in [0.4, 0.5) is 11.4 Å². The van der Waals surface area contributed by atoms with Gasteiger partial charge in [0, 0.05) is 54.2 Å². The molecule has 0 atom stereocenters. The van der Waals surface area contributed by atoms with Gasteiger partial charge in [-0.05, 0) is 59.7 Å². The molecular formula is C30H22N2O2. The maximum absolute atomic E-state index is 10.9. The molecule has 0 fully saturated rings. The second-order valence-electron chi connectivity index (χ2n) is 7.84. The minimum absolute atomic E-state index is 0.0497. The van der Waals surface area contributed by atoms with Gasteiger partial charge in [0.05, 0.1) is 4.92 Å². The van der Waals surface area contributed by atoms with Gasteiger partial charge in [-0.25, -0.2) is 0 Å². The van der Waals surface area contributed by atoms with E-state index in [1.165, 1.54) is 12.1 Å². The average Bonchev–Trinajstić information content (AvgIpc) is 3.17. The maximum atomic E-state index is 10.9. The summed E-state index contributed by atoms with van der Waals surface area (Å²) >= 11 is 0. The highest BCUT2D eigenvalue weighted by molar-refractivity contribution is 5.68. The first-order valence-corrected chi connectivity index (χ1v) is 10.8. The van der Waals surface area contributed by atoms with Crippen molar-refractivity contribution in [1.82, 2.24) is 0 Å². The number of hydrogen-bond donors (Lipinski definition) is 0. The minimum Gasteiger partial charge on any atom is -0.378 e. The SMILES string of the molecule is CN(C)c1ccc(C#CC2=C3C=CC=CC(C#Cc4ccc([N+](=O)[O-])cc4)=C3C=CC=C2)cc1. The van der Waals surface area contributed by atoms with Gasteiger partial charge in [-0.3, -0.25) is 10.1 Å². The maximum Gasteiger partial charge on any atom is 0.269 e. The molecule has 2 aliphatic carbocycles. The third-order valence-corrected chi connectivity index (χ3v) is 5.29. The van der Waals surface area contributed by atoms with Crippen LogP contribution >= 0.6 is 0 Å². The van der Waals surface area contributed by atoms with Crippen LogP contribution in [0.1, 0.15) is 11.1 Å². The Morgan fingerprint density at radius 2 is 1.09 bits per heavy atom. The van der Waals surface area contributed by atoms with Crippen molar-refractivity contribution in [2.24, 2.45) is 0 Å². The number of nitro groups is 1.